The monoisotopic (exact) mass is 316 g/mol. The summed E-state index contributed by atoms with van der Waals surface area (Å²) in [5, 5.41) is 1.07. The van der Waals surface area contributed by atoms with Crippen LogP contribution in [-0.2, 0) is 23.5 Å². The number of hydrogen-bond acceptors (Lipinski definition) is 2. The zero-order chi connectivity index (χ0) is 14.0. The molecule has 112 valence electrons. The van der Waals surface area contributed by atoms with Gasteiger partial charge in [0.1, 0.15) is 0 Å². The van der Waals surface area contributed by atoms with E-state index in [0.717, 1.165) is 23.6 Å². The van der Waals surface area contributed by atoms with Crippen LogP contribution >= 0.6 is 12.4 Å². The van der Waals surface area contributed by atoms with Crippen molar-refractivity contribution in [2.75, 3.05) is 11.0 Å². The van der Waals surface area contributed by atoms with Crippen molar-refractivity contribution in [1.29, 1.82) is 0 Å². The highest BCUT2D eigenvalue weighted by Crippen LogP contribution is 2.24. The van der Waals surface area contributed by atoms with Gasteiger partial charge in [-0.25, -0.2) is 8.42 Å². The lowest BCUT2D eigenvalue weighted by molar-refractivity contribution is 0.607. The van der Waals surface area contributed by atoms with Gasteiger partial charge in [0, 0.05) is 29.3 Å². The van der Waals surface area contributed by atoms with Crippen LogP contribution < -0.4 is 4.72 Å². The van der Waals surface area contributed by atoms with Gasteiger partial charge >= 0.3 is 0 Å². The molecule has 0 aliphatic carbocycles. The molecule has 6 heteroatoms. The summed E-state index contributed by atoms with van der Waals surface area (Å²) < 4.78 is 27.2. The molecule has 0 fully saturated rings. The minimum atomic E-state index is -3.22. The molecule has 2 rings (SSSR count). The molecule has 2 aromatic rings. The summed E-state index contributed by atoms with van der Waals surface area (Å²) in [6, 6.07) is 7.77. The third kappa shape index (κ3) is 3.90. The molecule has 0 atom stereocenters. The van der Waals surface area contributed by atoms with Gasteiger partial charge in [0.15, 0.2) is 0 Å². The van der Waals surface area contributed by atoms with E-state index in [2.05, 4.69) is 29.3 Å². The second-order valence-corrected chi connectivity index (χ2v) is 6.69. The largest absolute Gasteiger partial charge is 0.348 e. The molecule has 0 spiro atoms. The Morgan fingerprint density at radius 2 is 1.95 bits per heavy atom. The van der Waals surface area contributed by atoms with Crippen molar-refractivity contribution < 1.29 is 8.42 Å². The molecule has 0 saturated carbocycles. The van der Waals surface area contributed by atoms with Crippen molar-refractivity contribution in [2.45, 2.75) is 26.2 Å². The van der Waals surface area contributed by atoms with Gasteiger partial charge in [-0.3, -0.25) is 4.72 Å². The molecule has 0 bridgehead atoms. The number of benzene rings is 1. The maximum atomic E-state index is 11.2. The molecule has 1 N–H and O–H groups in total. The van der Waals surface area contributed by atoms with Gasteiger partial charge in [0.05, 0.1) is 6.26 Å². The van der Waals surface area contributed by atoms with Gasteiger partial charge in [-0.15, -0.1) is 12.4 Å². The quantitative estimate of drug-likeness (QED) is 0.920. The Balaban J connectivity index is 0.00000200. The Morgan fingerprint density at radius 1 is 1.25 bits per heavy atom. The van der Waals surface area contributed by atoms with Crippen LogP contribution in [0, 0.1) is 0 Å². The fourth-order valence-corrected chi connectivity index (χ4v) is 2.84. The van der Waals surface area contributed by atoms with Gasteiger partial charge in [-0.1, -0.05) is 13.3 Å². The van der Waals surface area contributed by atoms with E-state index < -0.39 is 10.0 Å². The normalized spacial score (nSPS) is 11.3. The van der Waals surface area contributed by atoms with E-state index in [1.807, 2.05) is 12.1 Å². The topological polar surface area (TPSA) is 51.1 Å². The predicted molar refractivity (Wildman–Crippen MR) is 87.2 cm³/mol. The summed E-state index contributed by atoms with van der Waals surface area (Å²) in [5.74, 6) is 0. The van der Waals surface area contributed by atoms with Crippen LogP contribution in [0.5, 0.6) is 0 Å². The molecule has 0 aliphatic heterocycles. The first-order chi connectivity index (χ1) is 8.90. The summed E-state index contributed by atoms with van der Waals surface area (Å²) in [7, 11) is -1.17. The van der Waals surface area contributed by atoms with E-state index in [1.54, 1.807) is 6.07 Å². The average molecular weight is 317 g/mol. The van der Waals surface area contributed by atoms with Crippen molar-refractivity contribution in [3.05, 3.63) is 30.0 Å². The number of nitrogens with one attached hydrogen (secondary N) is 1. The number of halogens is 1. The van der Waals surface area contributed by atoms with E-state index in [4.69, 9.17) is 0 Å². The number of aromatic nitrogens is 1. The predicted octanol–water partition coefficient (Wildman–Crippen LogP) is 3.31. The van der Waals surface area contributed by atoms with Gasteiger partial charge in [-0.2, -0.15) is 0 Å². The summed E-state index contributed by atoms with van der Waals surface area (Å²) in [6.07, 6.45) is 4.55. The zero-order valence-electron chi connectivity index (χ0n) is 12.0. The highest BCUT2D eigenvalue weighted by molar-refractivity contribution is 7.92. The Kier molecular flexibility index (Phi) is 5.48. The highest BCUT2D eigenvalue weighted by Gasteiger charge is 2.08. The van der Waals surface area contributed by atoms with E-state index in [-0.39, 0.29) is 12.4 Å². The maximum absolute atomic E-state index is 11.2. The number of rotatable bonds is 5. The number of anilines is 1. The molecule has 1 aromatic heterocycles. The third-order valence-electron chi connectivity index (χ3n) is 3.23. The molecule has 1 heterocycles. The zero-order valence-corrected chi connectivity index (χ0v) is 13.6. The third-order valence-corrected chi connectivity index (χ3v) is 3.84. The molecule has 20 heavy (non-hydrogen) atoms. The molecule has 0 amide bonds. The second kappa shape index (κ2) is 6.50. The maximum Gasteiger partial charge on any atom is 0.229 e. The number of nitrogens with zero attached hydrogens (tertiary/aromatic N) is 1. The molecule has 0 unspecified atom stereocenters. The summed E-state index contributed by atoms with van der Waals surface area (Å²) in [4.78, 5) is 0. The van der Waals surface area contributed by atoms with Crippen molar-refractivity contribution in [3.63, 3.8) is 0 Å². The van der Waals surface area contributed by atoms with Crippen molar-refractivity contribution >= 4 is 39.0 Å². The molecule has 0 aliphatic rings. The van der Waals surface area contributed by atoms with Crippen molar-refractivity contribution in [3.8, 4) is 0 Å². The van der Waals surface area contributed by atoms with Gasteiger partial charge < -0.3 is 4.57 Å². The van der Waals surface area contributed by atoms with Crippen LogP contribution in [0.15, 0.2) is 24.3 Å². The Bertz CT molecular complexity index is 693. The average Bonchev–Trinajstić information content (AvgIpc) is 2.61. The van der Waals surface area contributed by atoms with Crippen LogP contribution in [0.25, 0.3) is 10.9 Å². The van der Waals surface area contributed by atoms with Crippen molar-refractivity contribution in [1.82, 2.24) is 4.57 Å². The van der Waals surface area contributed by atoms with Gasteiger partial charge in [0.2, 0.25) is 10.0 Å². The number of fused-ring (bicyclic) bond motifs is 1. The Hall–Kier alpha value is -1.20. The molecular weight excluding hydrogens is 296 g/mol. The van der Waals surface area contributed by atoms with Gasteiger partial charge in [0.25, 0.3) is 0 Å². The highest BCUT2D eigenvalue weighted by atomic mass is 35.5. The molecular formula is C14H21ClN2O2S. The minimum Gasteiger partial charge on any atom is -0.348 e. The lowest BCUT2D eigenvalue weighted by atomic mass is 10.2. The fraction of sp³-hybridized carbons (Fsp3) is 0.429. The fourth-order valence-electron chi connectivity index (χ4n) is 2.28. The van der Waals surface area contributed by atoms with Gasteiger partial charge in [-0.05, 0) is 37.1 Å². The molecule has 0 radical (unpaired) electrons. The number of sulfonamides is 1. The van der Waals surface area contributed by atoms with Crippen LogP contribution in [0.1, 0.15) is 25.5 Å². The first kappa shape index (κ1) is 16.9. The summed E-state index contributed by atoms with van der Waals surface area (Å²) in [5.41, 5.74) is 3.03. The molecule has 0 saturated heterocycles. The first-order valence-corrected chi connectivity index (χ1v) is 8.36. The van der Waals surface area contributed by atoms with Crippen LogP contribution in [0.2, 0.25) is 0 Å². The van der Waals surface area contributed by atoms with E-state index in [9.17, 15) is 8.42 Å². The summed E-state index contributed by atoms with van der Waals surface area (Å²) in [6.45, 7) is 2.18. The Morgan fingerprint density at radius 3 is 2.55 bits per heavy atom. The second-order valence-electron chi connectivity index (χ2n) is 4.95. The molecule has 1 aromatic carbocycles. The standard InChI is InChI=1S/C14H20N2O2S.ClH/c1-4-5-6-13-10-11-9-12(15-19(3,17)18)7-8-14(11)16(13)2;/h7-10,15H,4-6H2,1-3H3;1H. The summed E-state index contributed by atoms with van der Waals surface area (Å²) >= 11 is 0. The number of aryl methyl sites for hydroxylation is 2. The SMILES string of the molecule is CCCCc1cc2cc(NS(C)(=O)=O)ccc2n1C.Cl. The molecule has 4 nitrogen and oxygen atoms in total. The van der Waals surface area contributed by atoms with E-state index in [1.165, 1.54) is 18.5 Å². The van der Waals surface area contributed by atoms with Crippen molar-refractivity contribution in [2.24, 2.45) is 7.05 Å². The van der Waals surface area contributed by atoms with E-state index >= 15 is 0 Å². The Labute approximate surface area is 126 Å². The lowest BCUT2D eigenvalue weighted by Crippen LogP contribution is -2.09. The smallest absolute Gasteiger partial charge is 0.229 e. The first-order valence-electron chi connectivity index (χ1n) is 6.47. The minimum absolute atomic E-state index is 0. The van der Waals surface area contributed by atoms with Crippen LogP contribution in [0.4, 0.5) is 5.69 Å². The lowest BCUT2D eigenvalue weighted by Gasteiger charge is -2.05. The van der Waals surface area contributed by atoms with Crippen LogP contribution in [-0.4, -0.2) is 19.2 Å². The van der Waals surface area contributed by atoms with Crippen LogP contribution in [0.3, 0.4) is 0 Å². The van der Waals surface area contributed by atoms with E-state index in [0.29, 0.717) is 5.69 Å². The number of unbranched alkanes of at least 4 members (excludes halogenated alkanes) is 1. The number of hydrogen-bond donors (Lipinski definition) is 1.